The van der Waals surface area contributed by atoms with E-state index in [2.05, 4.69) is 34.2 Å². The van der Waals surface area contributed by atoms with Gasteiger partial charge in [0.15, 0.2) is 0 Å². The van der Waals surface area contributed by atoms with Crippen LogP contribution in [0, 0.1) is 11.8 Å². The summed E-state index contributed by atoms with van der Waals surface area (Å²) in [5, 5.41) is 0. The van der Waals surface area contributed by atoms with E-state index in [-0.39, 0.29) is 0 Å². The number of hydrogen-bond donors (Lipinski definition) is 0. The minimum Gasteiger partial charge on any atom is -0.0797 e. The third-order valence-electron chi connectivity index (χ3n) is 3.34. The van der Waals surface area contributed by atoms with E-state index < -0.39 is 0 Å². The SMILES string of the molecule is BrC1=CCC(C2CCCCC2)C=C1. The quantitative estimate of drug-likeness (QED) is 0.637. The predicted octanol–water partition coefficient (Wildman–Crippen LogP) is 4.42. The zero-order chi connectivity index (χ0) is 9.10. The van der Waals surface area contributed by atoms with Crippen LogP contribution in [0.4, 0.5) is 0 Å². The maximum absolute atomic E-state index is 3.51. The molecule has 0 radical (unpaired) electrons. The molecule has 0 amide bonds. The highest BCUT2D eigenvalue weighted by atomic mass is 79.9. The summed E-state index contributed by atoms with van der Waals surface area (Å²) in [6.07, 6.45) is 15.5. The van der Waals surface area contributed by atoms with Gasteiger partial charge in [-0.3, -0.25) is 0 Å². The van der Waals surface area contributed by atoms with Crippen LogP contribution < -0.4 is 0 Å². The van der Waals surface area contributed by atoms with Crippen LogP contribution in [0.15, 0.2) is 22.7 Å². The summed E-state index contributed by atoms with van der Waals surface area (Å²) in [6.45, 7) is 0. The molecule has 0 aliphatic heterocycles. The van der Waals surface area contributed by atoms with Crippen molar-refractivity contribution in [2.45, 2.75) is 38.5 Å². The van der Waals surface area contributed by atoms with Crippen molar-refractivity contribution in [1.82, 2.24) is 0 Å². The monoisotopic (exact) mass is 240 g/mol. The Bertz CT molecular complexity index is 221. The van der Waals surface area contributed by atoms with Gasteiger partial charge in [0, 0.05) is 4.48 Å². The number of allylic oxidation sites excluding steroid dienone is 4. The molecule has 2 aliphatic rings. The van der Waals surface area contributed by atoms with Crippen LogP contribution in [0.5, 0.6) is 0 Å². The van der Waals surface area contributed by atoms with Gasteiger partial charge in [0.25, 0.3) is 0 Å². The molecule has 0 saturated heterocycles. The lowest BCUT2D eigenvalue weighted by Crippen LogP contribution is -2.16. The summed E-state index contributed by atoms with van der Waals surface area (Å²) >= 11 is 3.51. The molecule has 0 spiro atoms. The molecular formula is C12H17Br. The maximum atomic E-state index is 3.51. The van der Waals surface area contributed by atoms with Gasteiger partial charge >= 0.3 is 0 Å². The van der Waals surface area contributed by atoms with Gasteiger partial charge in [0.1, 0.15) is 0 Å². The Morgan fingerprint density at radius 1 is 1.15 bits per heavy atom. The van der Waals surface area contributed by atoms with Crippen molar-refractivity contribution in [3.63, 3.8) is 0 Å². The van der Waals surface area contributed by atoms with E-state index in [0.717, 1.165) is 11.8 Å². The van der Waals surface area contributed by atoms with Crippen LogP contribution in [0.1, 0.15) is 38.5 Å². The molecule has 0 bridgehead atoms. The average Bonchev–Trinajstić information content (AvgIpc) is 2.20. The molecule has 0 heterocycles. The summed E-state index contributed by atoms with van der Waals surface area (Å²) < 4.78 is 1.26. The summed E-state index contributed by atoms with van der Waals surface area (Å²) in [7, 11) is 0. The molecule has 0 nitrogen and oxygen atoms in total. The van der Waals surface area contributed by atoms with Crippen LogP contribution in [0.2, 0.25) is 0 Å². The standard InChI is InChI=1S/C12H17Br/c13-12-8-6-11(7-9-12)10-4-2-1-3-5-10/h6,8-11H,1-5,7H2. The van der Waals surface area contributed by atoms with Crippen molar-refractivity contribution in [3.05, 3.63) is 22.7 Å². The van der Waals surface area contributed by atoms with Crippen LogP contribution in [-0.2, 0) is 0 Å². The molecule has 0 aromatic heterocycles. The second kappa shape index (κ2) is 4.45. The average molecular weight is 241 g/mol. The molecule has 1 unspecified atom stereocenters. The number of halogens is 1. The second-order valence-electron chi connectivity index (χ2n) is 4.25. The lowest BCUT2D eigenvalue weighted by molar-refractivity contribution is 0.286. The summed E-state index contributed by atoms with van der Waals surface area (Å²) in [4.78, 5) is 0. The summed E-state index contributed by atoms with van der Waals surface area (Å²) in [5.74, 6) is 1.81. The van der Waals surface area contributed by atoms with Gasteiger partial charge in [0.05, 0.1) is 0 Å². The van der Waals surface area contributed by atoms with Crippen molar-refractivity contribution >= 4 is 15.9 Å². The molecule has 1 heteroatoms. The zero-order valence-corrected chi connectivity index (χ0v) is 9.59. The Morgan fingerprint density at radius 2 is 1.92 bits per heavy atom. The Labute approximate surface area is 89.2 Å². The normalized spacial score (nSPS) is 30.2. The third kappa shape index (κ3) is 2.46. The predicted molar refractivity (Wildman–Crippen MR) is 60.8 cm³/mol. The first-order chi connectivity index (χ1) is 6.36. The fourth-order valence-corrected chi connectivity index (χ4v) is 2.86. The van der Waals surface area contributed by atoms with E-state index >= 15 is 0 Å². The first kappa shape index (κ1) is 9.51. The van der Waals surface area contributed by atoms with E-state index in [1.165, 1.54) is 43.0 Å². The molecule has 1 fully saturated rings. The topological polar surface area (TPSA) is 0 Å². The van der Waals surface area contributed by atoms with E-state index in [1.807, 2.05) is 0 Å². The highest BCUT2D eigenvalue weighted by Crippen LogP contribution is 2.35. The fraction of sp³-hybridized carbons (Fsp3) is 0.667. The highest BCUT2D eigenvalue weighted by Gasteiger charge is 2.21. The van der Waals surface area contributed by atoms with Crippen molar-refractivity contribution < 1.29 is 0 Å². The Hall–Kier alpha value is -0.0400. The zero-order valence-electron chi connectivity index (χ0n) is 8.01. The van der Waals surface area contributed by atoms with E-state index in [0.29, 0.717) is 0 Å². The number of rotatable bonds is 1. The van der Waals surface area contributed by atoms with Crippen molar-refractivity contribution in [1.29, 1.82) is 0 Å². The molecule has 72 valence electrons. The second-order valence-corrected chi connectivity index (χ2v) is 5.16. The minimum atomic E-state index is 0.835. The van der Waals surface area contributed by atoms with E-state index in [9.17, 15) is 0 Å². The van der Waals surface area contributed by atoms with Gasteiger partial charge in [-0.2, -0.15) is 0 Å². The van der Waals surface area contributed by atoms with E-state index in [4.69, 9.17) is 0 Å². The van der Waals surface area contributed by atoms with Gasteiger partial charge in [-0.1, -0.05) is 53.4 Å². The molecule has 1 saturated carbocycles. The van der Waals surface area contributed by atoms with Gasteiger partial charge < -0.3 is 0 Å². The van der Waals surface area contributed by atoms with Crippen molar-refractivity contribution in [2.24, 2.45) is 11.8 Å². The summed E-state index contributed by atoms with van der Waals surface area (Å²) in [6, 6.07) is 0. The van der Waals surface area contributed by atoms with Gasteiger partial charge in [-0.15, -0.1) is 0 Å². The Balaban J connectivity index is 1.91. The molecule has 1 atom stereocenters. The lowest BCUT2D eigenvalue weighted by atomic mass is 9.77. The number of hydrogen-bond acceptors (Lipinski definition) is 0. The van der Waals surface area contributed by atoms with E-state index in [1.54, 1.807) is 0 Å². The first-order valence-corrected chi connectivity index (χ1v) is 6.19. The maximum Gasteiger partial charge on any atom is 0.0132 e. The van der Waals surface area contributed by atoms with Crippen LogP contribution >= 0.6 is 15.9 Å². The molecule has 0 N–H and O–H groups in total. The largest absolute Gasteiger partial charge is 0.0797 e. The molecular weight excluding hydrogens is 224 g/mol. The summed E-state index contributed by atoms with van der Waals surface area (Å²) in [5.41, 5.74) is 0. The van der Waals surface area contributed by atoms with Crippen LogP contribution in [0.3, 0.4) is 0 Å². The van der Waals surface area contributed by atoms with Gasteiger partial charge in [-0.05, 0) is 31.1 Å². The molecule has 0 aromatic rings. The van der Waals surface area contributed by atoms with Gasteiger partial charge in [-0.25, -0.2) is 0 Å². The fourth-order valence-electron chi connectivity index (χ4n) is 2.52. The van der Waals surface area contributed by atoms with Gasteiger partial charge in [0.2, 0.25) is 0 Å². The molecule has 0 aromatic carbocycles. The Kier molecular flexibility index (Phi) is 3.26. The molecule has 2 rings (SSSR count). The van der Waals surface area contributed by atoms with Crippen molar-refractivity contribution in [3.8, 4) is 0 Å². The third-order valence-corrected chi connectivity index (χ3v) is 3.93. The smallest absolute Gasteiger partial charge is 0.0132 e. The Morgan fingerprint density at radius 3 is 2.54 bits per heavy atom. The molecule has 2 aliphatic carbocycles. The van der Waals surface area contributed by atoms with Crippen LogP contribution in [-0.4, -0.2) is 0 Å². The molecule has 13 heavy (non-hydrogen) atoms. The van der Waals surface area contributed by atoms with Crippen molar-refractivity contribution in [2.75, 3.05) is 0 Å². The first-order valence-electron chi connectivity index (χ1n) is 5.40. The lowest BCUT2D eigenvalue weighted by Gasteiger charge is -2.28. The van der Waals surface area contributed by atoms with Crippen LogP contribution in [0.25, 0.3) is 0 Å². The highest BCUT2D eigenvalue weighted by molar-refractivity contribution is 9.11. The minimum absolute atomic E-state index is 0.835.